The van der Waals surface area contributed by atoms with E-state index in [0.717, 1.165) is 43.3 Å². The van der Waals surface area contributed by atoms with E-state index in [0.29, 0.717) is 0 Å². The van der Waals surface area contributed by atoms with E-state index < -0.39 is 0 Å². The van der Waals surface area contributed by atoms with Gasteiger partial charge < -0.3 is 10.2 Å². The van der Waals surface area contributed by atoms with Crippen LogP contribution < -0.4 is 10.2 Å². The van der Waals surface area contributed by atoms with Gasteiger partial charge in [-0.25, -0.2) is 14.4 Å². The van der Waals surface area contributed by atoms with Crippen LogP contribution in [0.4, 0.5) is 10.3 Å². The maximum absolute atomic E-state index is 13.1. The van der Waals surface area contributed by atoms with Crippen molar-refractivity contribution in [2.45, 2.75) is 19.3 Å². The summed E-state index contributed by atoms with van der Waals surface area (Å²) in [7, 11) is 0. The SMILES string of the molecule is CC(C)(c1ccc(F)cc1)c1cnc(N2CCNCC2)nc1. The highest BCUT2D eigenvalue weighted by Gasteiger charge is 2.24. The summed E-state index contributed by atoms with van der Waals surface area (Å²) in [5.41, 5.74) is 1.82. The highest BCUT2D eigenvalue weighted by atomic mass is 19.1. The predicted octanol–water partition coefficient (Wildman–Crippen LogP) is 2.35. The van der Waals surface area contributed by atoms with Crippen molar-refractivity contribution in [3.8, 4) is 0 Å². The number of aromatic nitrogens is 2. The van der Waals surface area contributed by atoms with Crippen molar-refractivity contribution in [3.63, 3.8) is 0 Å². The molecule has 1 aromatic carbocycles. The Bertz CT molecular complexity index is 616. The van der Waals surface area contributed by atoms with Crippen molar-refractivity contribution >= 4 is 5.95 Å². The summed E-state index contributed by atoms with van der Waals surface area (Å²) < 4.78 is 13.1. The average Bonchev–Trinajstić information content (AvgIpc) is 2.56. The van der Waals surface area contributed by atoms with Gasteiger partial charge >= 0.3 is 0 Å². The quantitative estimate of drug-likeness (QED) is 0.945. The topological polar surface area (TPSA) is 41.1 Å². The molecule has 4 nitrogen and oxygen atoms in total. The first-order valence-corrected chi connectivity index (χ1v) is 7.61. The van der Waals surface area contributed by atoms with Crippen LogP contribution in [0, 0.1) is 5.82 Å². The first-order chi connectivity index (χ1) is 10.6. The zero-order chi connectivity index (χ0) is 15.6. The molecule has 5 heteroatoms. The molecule has 1 saturated heterocycles. The summed E-state index contributed by atoms with van der Waals surface area (Å²) in [4.78, 5) is 11.2. The summed E-state index contributed by atoms with van der Waals surface area (Å²) in [6.45, 7) is 7.99. The average molecular weight is 300 g/mol. The molecule has 0 atom stereocenters. The highest BCUT2D eigenvalue weighted by molar-refractivity contribution is 5.38. The third-order valence-electron chi connectivity index (χ3n) is 4.33. The van der Waals surface area contributed by atoms with E-state index in [1.54, 1.807) is 0 Å². The Kier molecular flexibility index (Phi) is 4.07. The Morgan fingerprint density at radius 1 is 1.00 bits per heavy atom. The van der Waals surface area contributed by atoms with Gasteiger partial charge in [0.1, 0.15) is 5.82 Å². The van der Waals surface area contributed by atoms with E-state index in [1.807, 2.05) is 24.5 Å². The van der Waals surface area contributed by atoms with Crippen LogP contribution in [0.25, 0.3) is 0 Å². The summed E-state index contributed by atoms with van der Waals surface area (Å²) in [5, 5.41) is 3.32. The predicted molar refractivity (Wildman–Crippen MR) is 85.6 cm³/mol. The van der Waals surface area contributed by atoms with Crippen LogP contribution >= 0.6 is 0 Å². The Hall–Kier alpha value is -2.01. The molecule has 0 bridgehead atoms. The summed E-state index contributed by atoms with van der Waals surface area (Å²) >= 11 is 0. The van der Waals surface area contributed by atoms with Crippen molar-refractivity contribution in [3.05, 3.63) is 53.6 Å². The first kappa shape index (κ1) is 14.9. The summed E-state index contributed by atoms with van der Waals surface area (Å²) in [5.74, 6) is 0.560. The van der Waals surface area contributed by atoms with Crippen LogP contribution in [0.15, 0.2) is 36.7 Å². The molecule has 0 saturated carbocycles. The van der Waals surface area contributed by atoms with Gasteiger partial charge in [-0.3, -0.25) is 0 Å². The van der Waals surface area contributed by atoms with Gasteiger partial charge in [-0.1, -0.05) is 26.0 Å². The molecule has 1 aliphatic rings. The van der Waals surface area contributed by atoms with Crippen molar-refractivity contribution in [2.75, 3.05) is 31.1 Å². The molecular formula is C17H21FN4. The first-order valence-electron chi connectivity index (χ1n) is 7.61. The Morgan fingerprint density at radius 3 is 2.18 bits per heavy atom. The molecule has 116 valence electrons. The molecule has 1 aromatic heterocycles. The number of halogens is 1. The number of nitrogens with one attached hydrogen (secondary N) is 1. The largest absolute Gasteiger partial charge is 0.338 e. The van der Waals surface area contributed by atoms with Gasteiger partial charge in [-0.05, 0) is 23.3 Å². The van der Waals surface area contributed by atoms with Gasteiger partial charge in [0.25, 0.3) is 0 Å². The third-order valence-corrected chi connectivity index (χ3v) is 4.33. The molecule has 1 aliphatic heterocycles. The van der Waals surface area contributed by atoms with Crippen molar-refractivity contribution in [1.82, 2.24) is 15.3 Å². The van der Waals surface area contributed by atoms with Gasteiger partial charge in [0.15, 0.2) is 0 Å². The fourth-order valence-electron chi connectivity index (χ4n) is 2.71. The van der Waals surface area contributed by atoms with E-state index in [-0.39, 0.29) is 11.2 Å². The van der Waals surface area contributed by atoms with E-state index in [2.05, 4.69) is 34.0 Å². The molecule has 2 heterocycles. The fraction of sp³-hybridized carbons (Fsp3) is 0.412. The van der Waals surface area contributed by atoms with Crippen molar-refractivity contribution < 1.29 is 4.39 Å². The van der Waals surface area contributed by atoms with Crippen molar-refractivity contribution in [2.24, 2.45) is 0 Å². The molecule has 0 unspecified atom stereocenters. The maximum atomic E-state index is 13.1. The zero-order valence-electron chi connectivity index (χ0n) is 13.0. The van der Waals surface area contributed by atoms with E-state index in [4.69, 9.17) is 0 Å². The van der Waals surface area contributed by atoms with Gasteiger partial charge in [0.05, 0.1) is 0 Å². The lowest BCUT2D eigenvalue weighted by molar-refractivity contribution is 0.576. The van der Waals surface area contributed by atoms with Crippen LogP contribution in [0.1, 0.15) is 25.0 Å². The Labute approximate surface area is 130 Å². The molecule has 0 aliphatic carbocycles. The normalized spacial score (nSPS) is 15.9. The molecule has 0 spiro atoms. The lowest BCUT2D eigenvalue weighted by atomic mass is 9.79. The van der Waals surface area contributed by atoms with Crippen LogP contribution in [0.5, 0.6) is 0 Å². The van der Waals surface area contributed by atoms with Crippen LogP contribution in [0.3, 0.4) is 0 Å². The minimum Gasteiger partial charge on any atom is -0.338 e. The monoisotopic (exact) mass is 300 g/mol. The van der Waals surface area contributed by atoms with Crippen LogP contribution in [0.2, 0.25) is 0 Å². The molecule has 2 aromatic rings. The number of piperazine rings is 1. The smallest absolute Gasteiger partial charge is 0.225 e. The molecule has 1 N–H and O–H groups in total. The van der Waals surface area contributed by atoms with Crippen LogP contribution in [-0.4, -0.2) is 36.1 Å². The maximum Gasteiger partial charge on any atom is 0.225 e. The second kappa shape index (κ2) is 6.01. The lowest BCUT2D eigenvalue weighted by Crippen LogP contribution is -2.44. The highest BCUT2D eigenvalue weighted by Crippen LogP contribution is 2.31. The van der Waals surface area contributed by atoms with Gasteiger partial charge in [-0.15, -0.1) is 0 Å². The third kappa shape index (κ3) is 2.95. The second-order valence-electron chi connectivity index (χ2n) is 6.14. The van der Waals surface area contributed by atoms with E-state index >= 15 is 0 Å². The number of hydrogen-bond acceptors (Lipinski definition) is 4. The van der Waals surface area contributed by atoms with Crippen LogP contribution in [-0.2, 0) is 5.41 Å². The number of anilines is 1. The number of rotatable bonds is 3. The minimum atomic E-state index is -0.254. The Balaban J connectivity index is 1.83. The minimum absolute atomic E-state index is 0.218. The van der Waals surface area contributed by atoms with Gasteiger partial charge in [0, 0.05) is 44.0 Å². The zero-order valence-corrected chi connectivity index (χ0v) is 13.0. The van der Waals surface area contributed by atoms with Crippen molar-refractivity contribution in [1.29, 1.82) is 0 Å². The number of hydrogen-bond donors (Lipinski definition) is 1. The summed E-state index contributed by atoms with van der Waals surface area (Å²) in [6, 6.07) is 6.62. The fourth-order valence-corrected chi connectivity index (χ4v) is 2.71. The van der Waals surface area contributed by atoms with Gasteiger partial charge in [0.2, 0.25) is 5.95 Å². The molecule has 0 amide bonds. The molecule has 1 fully saturated rings. The molecule has 22 heavy (non-hydrogen) atoms. The summed E-state index contributed by atoms with van der Waals surface area (Å²) in [6.07, 6.45) is 3.77. The lowest BCUT2D eigenvalue weighted by Gasteiger charge is -2.29. The molecular weight excluding hydrogens is 279 g/mol. The van der Waals surface area contributed by atoms with E-state index in [1.165, 1.54) is 12.1 Å². The number of nitrogens with zero attached hydrogens (tertiary/aromatic N) is 3. The molecule has 0 radical (unpaired) electrons. The molecule has 3 rings (SSSR count). The van der Waals surface area contributed by atoms with Gasteiger partial charge in [-0.2, -0.15) is 0 Å². The van der Waals surface area contributed by atoms with E-state index in [9.17, 15) is 4.39 Å². The number of benzene rings is 1. The second-order valence-corrected chi connectivity index (χ2v) is 6.14. The standard InChI is InChI=1S/C17H21FN4/c1-17(2,13-3-5-15(18)6-4-13)14-11-20-16(21-12-14)22-9-7-19-8-10-22/h3-6,11-12,19H,7-10H2,1-2H3. The Morgan fingerprint density at radius 2 is 1.59 bits per heavy atom.